The van der Waals surface area contributed by atoms with E-state index in [1.54, 1.807) is 25.5 Å². The molecule has 27 heavy (non-hydrogen) atoms. The molecule has 1 rings (SSSR count). The average molecular weight is 381 g/mol. The number of methoxy groups -OCH3 is 1. The highest BCUT2D eigenvalue weighted by molar-refractivity contribution is 6.04. The van der Waals surface area contributed by atoms with Crippen molar-refractivity contribution in [1.82, 2.24) is 14.8 Å². The Labute approximate surface area is 160 Å². The van der Waals surface area contributed by atoms with E-state index in [2.05, 4.69) is 5.32 Å². The van der Waals surface area contributed by atoms with Crippen LogP contribution in [0, 0.1) is 13.8 Å². The molecule has 0 aliphatic heterocycles. The predicted octanol–water partition coefficient (Wildman–Crippen LogP) is 2.07. The van der Waals surface area contributed by atoms with Gasteiger partial charge in [0.2, 0.25) is 0 Å². The normalized spacial score (nSPS) is 10.6. The summed E-state index contributed by atoms with van der Waals surface area (Å²) in [7, 11) is 3.02. The molecule has 8 nitrogen and oxygen atoms in total. The first-order valence-electron chi connectivity index (χ1n) is 9.17. The van der Waals surface area contributed by atoms with E-state index in [0.717, 1.165) is 0 Å². The summed E-state index contributed by atoms with van der Waals surface area (Å²) in [5, 5.41) is 2.73. The first-order valence-corrected chi connectivity index (χ1v) is 9.17. The van der Waals surface area contributed by atoms with Crippen molar-refractivity contribution in [2.75, 3.05) is 40.0 Å². The summed E-state index contributed by atoms with van der Waals surface area (Å²) in [6, 6.07) is -0.290. The molecule has 1 N–H and O–H groups in total. The number of carbonyl (C=O) groups excluding carboxylic acids is 3. The van der Waals surface area contributed by atoms with E-state index in [0.29, 0.717) is 55.2 Å². The van der Waals surface area contributed by atoms with E-state index in [4.69, 9.17) is 9.47 Å². The molecule has 0 atom stereocenters. The van der Waals surface area contributed by atoms with Crippen LogP contribution in [-0.2, 0) is 16.5 Å². The van der Waals surface area contributed by atoms with Crippen LogP contribution in [0.3, 0.4) is 0 Å². The van der Waals surface area contributed by atoms with Gasteiger partial charge in [-0.2, -0.15) is 0 Å². The van der Waals surface area contributed by atoms with Crippen molar-refractivity contribution >= 4 is 17.8 Å². The van der Waals surface area contributed by atoms with E-state index >= 15 is 0 Å². The summed E-state index contributed by atoms with van der Waals surface area (Å²) in [5.41, 5.74) is 2.04. The maximum Gasteiger partial charge on any atom is 0.354 e. The Hall–Kier alpha value is -2.35. The van der Waals surface area contributed by atoms with Gasteiger partial charge in [0.15, 0.2) is 5.78 Å². The second-order valence-electron chi connectivity index (χ2n) is 6.22. The molecule has 8 heteroatoms. The van der Waals surface area contributed by atoms with Crippen molar-refractivity contribution in [3.8, 4) is 0 Å². The second kappa shape index (κ2) is 10.7. The molecule has 1 aromatic rings. The molecular formula is C19H31N3O5. The van der Waals surface area contributed by atoms with Crippen LogP contribution in [0.5, 0.6) is 0 Å². The Kier molecular flexibility index (Phi) is 9.00. The molecule has 1 heterocycles. The van der Waals surface area contributed by atoms with Crippen molar-refractivity contribution in [1.29, 1.82) is 0 Å². The Morgan fingerprint density at radius 3 is 2.41 bits per heavy atom. The maximum atomic E-state index is 13.0. The number of carbonyl (C=O) groups is 3. The smallest absolute Gasteiger partial charge is 0.354 e. The first-order chi connectivity index (χ1) is 12.8. The van der Waals surface area contributed by atoms with Crippen LogP contribution < -0.4 is 5.32 Å². The number of hydrogen-bond acceptors (Lipinski definition) is 5. The number of aromatic nitrogens is 1. The Bertz CT molecular complexity index is 681. The molecular weight excluding hydrogens is 350 g/mol. The molecule has 152 valence electrons. The highest BCUT2D eigenvalue weighted by Gasteiger charge is 2.27. The lowest BCUT2D eigenvalue weighted by Crippen LogP contribution is -2.43. The Balaban J connectivity index is 3.04. The van der Waals surface area contributed by atoms with Gasteiger partial charge in [0.1, 0.15) is 5.69 Å². The standard InChI is InChI=1S/C19H31N3O5/c1-7-20-19(25)22(10-9-11-27-8-2)12-15(23)16-13(3)17(18(24)26-6)21(5)14(16)4/h7-12H2,1-6H3,(H,20,25). The summed E-state index contributed by atoms with van der Waals surface area (Å²) in [6.07, 6.45) is 0.637. The van der Waals surface area contributed by atoms with E-state index in [1.165, 1.54) is 12.0 Å². The van der Waals surface area contributed by atoms with Crippen LogP contribution in [0.2, 0.25) is 0 Å². The highest BCUT2D eigenvalue weighted by Crippen LogP contribution is 2.22. The minimum Gasteiger partial charge on any atom is -0.464 e. The number of ether oxygens (including phenoxy) is 2. The molecule has 0 bridgehead atoms. The topological polar surface area (TPSA) is 89.9 Å². The van der Waals surface area contributed by atoms with Crippen molar-refractivity contribution < 1.29 is 23.9 Å². The number of ketones is 1. The third-order valence-electron chi connectivity index (χ3n) is 4.46. The lowest BCUT2D eigenvalue weighted by molar-refractivity contribution is 0.0588. The average Bonchev–Trinajstić information content (AvgIpc) is 2.86. The van der Waals surface area contributed by atoms with Gasteiger partial charge in [0.25, 0.3) is 0 Å². The number of Topliss-reactive ketones (excluding diaryl/α,β-unsaturated/α-hetero) is 1. The third kappa shape index (κ3) is 5.56. The Morgan fingerprint density at radius 1 is 1.19 bits per heavy atom. The zero-order valence-corrected chi connectivity index (χ0v) is 17.2. The number of nitrogens with zero attached hydrogens (tertiary/aromatic N) is 2. The fourth-order valence-corrected chi connectivity index (χ4v) is 3.04. The minimum atomic E-state index is -0.491. The number of esters is 1. The summed E-state index contributed by atoms with van der Waals surface area (Å²) < 4.78 is 11.8. The van der Waals surface area contributed by atoms with Gasteiger partial charge in [-0.1, -0.05) is 0 Å². The highest BCUT2D eigenvalue weighted by atomic mass is 16.5. The van der Waals surface area contributed by atoms with Crippen molar-refractivity contribution in [3.63, 3.8) is 0 Å². The maximum absolute atomic E-state index is 13.0. The zero-order valence-electron chi connectivity index (χ0n) is 17.2. The van der Waals surface area contributed by atoms with Crippen LogP contribution in [0.4, 0.5) is 4.79 Å². The number of hydrogen-bond donors (Lipinski definition) is 1. The Morgan fingerprint density at radius 2 is 1.85 bits per heavy atom. The second-order valence-corrected chi connectivity index (χ2v) is 6.22. The van der Waals surface area contributed by atoms with Gasteiger partial charge in [0, 0.05) is 44.6 Å². The number of urea groups is 1. The lowest BCUT2D eigenvalue weighted by Gasteiger charge is -2.22. The van der Waals surface area contributed by atoms with Gasteiger partial charge in [-0.05, 0) is 39.7 Å². The van der Waals surface area contributed by atoms with Gasteiger partial charge >= 0.3 is 12.0 Å². The fourth-order valence-electron chi connectivity index (χ4n) is 3.04. The summed E-state index contributed by atoms with van der Waals surface area (Å²) in [6.45, 7) is 9.18. The molecule has 0 aromatic carbocycles. The summed E-state index contributed by atoms with van der Waals surface area (Å²) in [4.78, 5) is 38.8. The van der Waals surface area contributed by atoms with E-state index in [9.17, 15) is 14.4 Å². The molecule has 1 aromatic heterocycles. The predicted molar refractivity (Wildman–Crippen MR) is 102 cm³/mol. The van der Waals surface area contributed by atoms with Gasteiger partial charge in [-0.25, -0.2) is 9.59 Å². The van der Waals surface area contributed by atoms with Gasteiger partial charge < -0.3 is 24.3 Å². The van der Waals surface area contributed by atoms with Crippen molar-refractivity contribution in [3.05, 3.63) is 22.5 Å². The SMILES string of the molecule is CCNC(=O)N(CCCOCC)CC(=O)c1c(C)c(C(=O)OC)n(C)c1C. The van der Waals surface area contributed by atoms with E-state index in [1.807, 2.05) is 13.8 Å². The molecule has 0 aliphatic rings. The summed E-state index contributed by atoms with van der Waals surface area (Å²) in [5.74, 6) is -0.701. The van der Waals surface area contributed by atoms with Crippen molar-refractivity contribution in [2.45, 2.75) is 34.1 Å². The molecule has 0 radical (unpaired) electrons. The first kappa shape index (κ1) is 22.7. The van der Waals surface area contributed by atoms with Gasteiger partial charge in [-0.3, -0.25) is 4.79 Å². The van der Waals surface area contributed by atoms with Crippen molar-refractivity contribution in [2.24, 2.45) is 7.05 Å². The molecule has 0 saturated heterocycles. The minimum absolute atomic E-state index is 0.0652. The van der Waals surface area contributed by atoms with Crippen LogP contribution in [-0.4, -0.2) is 67.2 Å². The molecule has 0 fully saturated rings. The van der Waals surface area contributed by atoms with Crippen LogP contribution in [0.25, 0.3) is 0 Å². The van der Waals surface area contributed by atoms with Gasteiger partial charge in [-0.15, -0.1) is 0 Å². The number of nitrogens with one attached hydrogen (secondary N) is 1. The molecule has 0 spiro atoms. The van der Waals surface area contributed by atoms with Crippen LogP contribution in [0.1, 0.15) is 52.4 Å². The fraction of sp³-hybridized carbons (Fsp3) is 0.632. The van der Waals surface area contributed by atoms with E-state index < -0.39 is 5.97 Å². The molecule has 0 unspecified atom stereocenters. The lowest BCUT2D eigenvalue weighted by atomic mass is 10.1. The molecule has 0 aliphatic carbocycles. The van der Waals surface area contributed by atoms with E-state index in [-0.39, 0.29) is 18.4 Å². The van der Waals surface area contributed by atoms with Crippen LogP contribution in [0.15, 0.2) is 0 Å². The number of rotatable bonds is 10. The molecule has 2 amide bonds. The van der Waals surface area contributed by atoms with Gasteiger partial charge in [0.05, 0.1) is 13.7 Å². The monoisotopic (exact) mass is 381 g/mol. The summed E-state index contributed by atoms with van der Waals surface area (Å²) >= 11 is 0. The largest absolute Gasteiger partial charge is 0.464 e. The zero-order chi connectivity index (χ0) is 20.6. The third-order valence-corrected chi connectivity index (χ3v) is 4.46. The van der Waals surface area contributed by atoms with Crippen LogP contribution >= 0.6 is 0 Å². The molecule has 0 saturated carbocycles. The quantitative estimate of drug-likeness (QED) is 0.381. The number of amides is 2.